The lowest BCUT2D eigenvalue weighted by Crippen LogP contribution is -2.44. The maximum atomic E-state index is 12.4. The van der Waals surface area contributed by atoms with E-state index in [-0.39, 0.29) is 12.4 Å². The first-order valence-electron chi connectivity index (χ1n) is 8.46. The fourth-order valence-corrected chi connectivity index (χ4v) is 4.38. The lowest BCUT2D eigenvalue weighted by Gasteiger charge is -2.39. The van der Waals surface area contributed by atoms with Crippen LogP contribution in [0.15, 0.2) is 29.2 Å². The Morgan fingerprint density at radius 3 is 2.54 bits per heavy atom. The third kappa shape index (κ3) is 4.80. The molecular formula is C18H27ClN2O2S. The van der Waals surface area contributed by atoms with Gasteiger partial charge in [-0.05, 0) is 55.5 Å². The number of rotatable bonds is 5. The maximum Gasteiger partial charge on any atom is 0.223 e. The van der Waals surface area contributed by atoms with Crippen LogP contribution in [0.1, 0.15) is 25.7 Å². The number of thioether (sulfide) groups is 1. The van der Waals surface area contributed by atoms with E-state index in [0.29, 0.717) is 17.7 Å². The normalized spacial score (nSPS) is 19.1. The first-order chi connectivity index (χ1) is 11.2. The first-order valence-corrected chi connectivity index (χ1v) is 9.45. The third-order valence-electron chi connectivity index (χ3n) is 5.15. The monoisotopic (exact) mass is 370 g/mol. The highest BCUT2D eigenvalue weighted by molar-refractivity contribution is 7.99. The van der Waals surface area contributed by atoms with Crippen molar-refractivity contribution in [3.63, 3.8) is 0 Å². The lowest BCUT2D eigenvalue weighted by molar-refractivity contribution is -0.132. The van der Waals surface area contributed by atoms with Crippen molar-refractivity contribution in [2.45, 2.75) is 30.6 Å². The number of carbonyl (C=O) groups is 1. The molecule has 0 unspecified atom stereocenters. The summed E-state index contributed by atoms with van der Waals surface area (Å²) < 4.78 is 5.16. The van der Waals surface area contributed by atoms with Crippen molar-refractivity contribution < 1.29 is 9.53 Å². The van der Waals surface area contributed by atoms with Crippen molar-refractivity contribution in [3.8, 4) is 5.75 Å². The van der Waals surface area contributed by atoms with E-state index >= 15 is 0 Å². The van der Waals surface area contributed by atoms with Gasteiger partial charge in [0, 0.05) is 36.7 Å². The number of hydrogen-bond donors (Lipinski definition) is 1. The zero-order valence-corrected chi connectivity index (χ0v) is 15.9. The molecule has 6 heteroatoms. The van der Waals surface area contributed by atoms with Crippen molar-refractivity contribution >= 4 is 30.1 Å². The Morgan fingerprint density at radius 1 is 1.25 bits per heavy atom. The van der Waals surface area contributed by atoms with Crippen molar-refractivity contribution in [1.29, 1.82) is 0 Å². The molecule has 1 aromatic carbocycles. The molecule has 3 rings (SSSR count). The molecule has 24 heavy (non-hydrogen) atoms. The molecule has 0 bridgehead atoms. The van der Waals surface area contributed by atoms with Crippen LogP contribution >= 0.6 is 24.2 Å². The third-order valence-corrected chi connectivity index (χ3v) is 6.17. The largest absolute Gasteiger partial charge is 0.497 e. The van der Waals surface area contributed by atoms with Gasteiger partial charge in [0.15, 0.2) is 0 Å². The molecule has 134 valence electrons. The fraction of sp³-hybridized carbons (Fsp3) is 0.611. The van der Waals surface area contributed by atoms with Crippen LogP contribution in [0, 0.1) is 5.41 Å². The van der Waals surface area contributed by atoms with Gasteiger partial charge in [0.2, 0.25) is 5.91 Å². The molecular weight excluding hydrogens is 344 g/mol. The van der Waals surface area contributed by atoms with E-state index < -0.39 is 0 Å². The molecule has 0 saturated carbocycles. The molecule has 2 aliphatic heterocycles. The number of amides is 1. The number of halogens is 1. The van der Waals surface area contributed by atoms with Crippen LogP contribution in [0.2, 0.25) is 0 Å². The number of likely N-dealkylation sites (tertiary alicyclic amines) is 1. The Morgan fingerprint density at radius 2 is 1.96 bits per heavy atom. The van der Waals surface area contributed by atoms with Gasteiger partial charge in [0.05, 0.1) is 7.11 Å². The Balaban J connectivity index is 0.00000208. The number of piperidine rings is 1. The van der Waals surface area contributed by atoms with Gasteiger partial charge in [-0.1, -0.05) is 0 Å². The number of nitrogens with one attached hydrogen (secondary N) is 1. The molecule has 1 N–H and O–H groups in total. The molecule has 4 nitrogen and oxygen atoms in total. The maximum absolute atomic E-state index is 12.4. The zero-order chi connectivity index (χ0) is 16.1. The Labute approximate surface area is 155 Å². The predicted molar refractivity (Wildman–Crippen MR) is 101 cm³/mol. The van der Waals surface area contributed by atoms with Crippen LogP contribution in [0.5, 0.6) is 5.75 Å². The summed E-state index contributed by atoms with van der Waals surface area (Å²) in [5.74, 6) is 2.02. The van der Waals surface area contributed by atoms with Gasteiger partial charge < -0.3 is 15.0 Å². The summed E-state index contributed by atoms with van der Waals surface area (Å²) in [6.07, 6.45) is 4.24. The molecule has 0 aromatic heterocycles. The highest BCUT2D eigenvalue weighted by Crippen LogP contribution is 2.37. The van der Waals surface area contributed by atoms with Crippen LogP contribution in [0.3, 0.4) is 0 Å². The molecule has 2 saturated heterocycles. The minimum absolute atomic E-state index is 0. The molecule has 1 amide bonds. The van der Waals surface area contributed by atoms with Crippen molar-refractivity contribution in [1.82, 2.24) is 10.2 Å². The van der Waals surface area contributed by atoms with Gasteiger partial charge in [-0.2, -0.15) is 0 Å². The van der Waals surface area contributed by atoms with Crippen molar-refractivity contribution in [2.24, 2.45) is 5.41 Å². The standard InChI is InChI=1S/C18H26N2O2S.ClH/c1-22-15-2-4-16(5-3-15)23-13-6-17(21)20-11-8-18(9-12-20)7-10-19-14-18;/h2-5,19H,6-14H2,1H3;1H. The summed E-state index contributed by atoms with van der Waals surface area (Å²) >= 11 is 1.74. The lowest BCUT2D eigenvalue weighted by atomic mass is 9.78. The van der Waals surface area contributed by atoms with Crippen molar-refractivity contribution in [2.75, 3.05) is 39.0 Å². The number of carbonyl (C=O) groups excluding carboxylic acids is 1. The molecule has 1 aromatic rings. The number of ether oxygens (including phenoxy) is 1. The zero-order valence-electron chi connectivity index (χ0n) is 14.3. The van der Waals surface area contributed by atoms with Crippen LogP contribution in [0.4, 0.5) is 0 Å². The summed E-state index contributed by atoms with van der Waals surface area (Å²) in [6, 6.07) is 8.02. The second-order valence-electron chi connectivity index (χ2n) is 6.58. The molecule has 0 aliphatic carbocycles. The molecule has 0 atom stereocenters. The van der Waals surface area contributed by atoms with Crippen LogP contribution in [-0.2, 0) is 4.79 Å². The minimum Gasteiger partial charge on any atom is -0.497 e. The fourth-order valence-electron chi connectivity index (χ4n) is 3.54. The van der Waals surface area contributed by atoms with E-state index in [4.69, 9.17) is 4.74 Å². The quantitative estimate of drug-likeness (QED) is 0.808. The predicted octanol–water partition coefficient (Wildman–Crippen LogP) is 3.20. The second kappa shape index (κ2) is 8.97. The van der Waals surface area contributed by atoms with Gasteiger partial charge >= 0.3 is 0 Å². The Hall–Kier alpha value is -0.910. The van der Waals surface area contributed by atoms with Gasteiger partial charge in [-0.25, -0.2) is 0 Å². The Kier molecular flexibility index (Phi) is 7.26. The van der Waals surface area contributed by atoms with E-state index in [2.05, 4.69) is 10.2 Å². The van der Waals surface area contributed by atoms with Crippen LogP contribution in [0.25, 0.3) is 0 Å². The topological polar surface area (TPSA) is 41.6 Å². The van der Waals surface area contributed by atoms with Gasteiger partial charge in [0.25, 0.3) is 0 Å². The number of hydrogen-bond acceptors (Lipinski definition) is 4. The van der Waals surface area contributed by atoms with Crippen LogP contribution in [-0.4, -0.2) is 49.8 Å². The minimum atomic E-state index is 0. The number of benzene rings is 1. The SMILES string of the molecule is COc1ccc(SCCC(=O)N2CCC3(CCNC3)CC2)cc1.Cl. The van der Waals surface area contributed by atoms with E-state index in [1.165, 1.54) is 11.3 Å². The molecule has 2 heterocycles. The number of nitrogens with zero attached hydrogens (tertiary/aromatic N) is 1. The van der Waals surface area contributed by atoms with E-state index in [0.717, 1.165) is 50.5 Å². The molecule has 2 fully saturated rings. The van der Waals surface area contributed by atoms with Gasteiger partial charge in [-0.15, -0.1) is 24.2 Å². The summed E-state index contributed by atoms with van der Waals surface area (Å²) in [6.45, 7) is 4.16. The molecule has 2 aliphatic rings. The van der Waals surface area contributed by atoms with E-state index in [1.807, 2.05) is 24.3 Å². The average Bonchev–Trinajstić information content (AvgIpc) is 3.04. The summed E-state index contributed by atoms with van der Waals surface area (Å²) in [7, 11) is 1.67. The summed E-state index contributed by atoms with van der Waals surface area (Å²) in [4.78, 5) is 15.6. The highest BCUT2D eigenvalue weighted by Gasteiger charge is 2.37. The highest BCUT2D eigenvalue weighted by atomic mass is 35.5. The smallest absolute Gasteiger partial charge is 0.223 e. The first kappa shape index (κ1) is 19.4. The average molecular weight is 371 g/mol. The van der Waals surface area contributed by atoms with Crippen LogP contribution < -0.4 is 10.1 Å². The summed E-state index contributed by atoms with van der Waals surface area (Å²) in [5.41, 5.74) is 0.481. The summed E-state index contributed by atoms with van der Waals surface area (Å²) in [5, 5.41) is 3.47. The van der Waals surface area contributed by atoms with Gasteiger partial charge in [-0.3, -0.25) is 4.79 Å². The molecule has 0 radical (unpaired) electrons. The number of methoxy groups -OCH3 is 1. The second-order valence-corrected chi connectivity index (χ2v) is 7.75. The van der Waals surface area contributed by atoms with Crippen molar-refractivity contribution in [3.05, 3.63) is 24.3 Å². The van der Waals surface area contributed by atoms with Gasteiger partial charge in [0.1, 0.15) is 5.75 Å². The Bertz CT molecular complexity index is 522. The van der Waals surface area contributed by atoms with E-state index in [1.54, 1.807) is 18.9 Å². The molecule has 1 spiro atoms. The van der Waals surface area contributed by atoms with E-state index in [9.17, 15) is 4.79 Å².